The fraction of sp³-hybridized carbons (Fsp3) is 0.429. The molecule has 0 saturated heterocycles. The molecule has 2 aromatic heterocycles. The maximum Gasteiger partial charge on any atom is 0.134 e. The first-order valence-electron chi connectivity index (χ1n) is 6.20. The fourth-order valence-corrected chi connectivity index (χ4v) is 2.49. The number of carbonyl (C=O) groups is 1. The summed E-state index contributed by atoms with van der Waals surface area (Å²) < 4.78 is 2.15. The van der Waals surface area contributed by atoms with Crippen LogP contribution in [0.5, 0.6) is 0 Å². The van der Waals surface area contributed by atoms with Gasteiger partial charge in [-0.15, -0.1) is 0 Å². The maximum absolute atomic E-state index is 11.2. The summed E-state index contributed by atoms with van der Waals surface area (Å²) in [6.45, 7) is 1.63. The van der Waals surface area contributed by atoms with Gasteiger partial charge in [0.05, 0.1) is 11.7 Å². The molecule has 0 amide bonds. The predicted octanol–water partition coefficient (Wildman–Crippen LogP) is 2.73. The number of hydrogen-bond acceptors (Lipinski definition) is 2. The number of nitrogens with zero attached hydrogens (tertiary/aromatic N) is 2. The van der Waals surface area contributed by atoms with Gasteiger partial charge in [0.15, 0.2) is 0 Å². The number of pyridine rings is 1. The molecule has 3 nitrogen and oxygen atoms in total. The third-order valence-corrected chi connectivity index (χ3v) is 3.60. The van der Waals surface area contributed by atoms with Gasteiger partial charge in [-0.2, -0.15) is 0 Å². The van der Waals surface area contributed by atoms with E-state index in [9.17, 15) is 4.79 Å². The number of imidazole rings is 1. The highest BCUT2D eigenvalue weighted by Gasteiger charge is 2.23. The first-order valence-corrected chi connectivity index (χ1v) is 6.20. The van der Waals surface area contributed by atoms with E-state index in [1.165, 1.54) is 19.3 Å². The normalized spacial score (nSPS) is 16.1. The minimum absolute atomic E-state index is 0.199. The lowest BCUT2D eigenvalue weighted by Crippen LogP contribution is -2.12. The molecule has 2 heterocycles. The van der Waals surface area contributed by atoms with E-state index in [4.69, 9.17) is 0 Å². The molecule has 88 valence electrons. The third-order valence-electron chi connectivity index (χ3n) is 3.60. The van der Waals surface area contributed by atoms with Crippen molar-refractivity contribution in [3.05, 3.63) is 35.9 Å². The van der Waals surface area contributed by atoms with Crippen LogP contribution in [0.2, 0.25) is 0 Å². The summed E-state index contributed by atoms with van der Waals surface area (Å²) in [5.41, 5.74) is 2.17. The lowest BCUT2D eigenvalue weighted by atomic mass is 9.85. The summed E-state index contributed by atoms with van der Waals surface area (Å²) in [7, 11) is 0. The quantitative estimate of drug-likeness (QED) is 0.809. The molecule has 0 bridgehead atoms. The van der Waals surface area contributed by atoms with Crippen molar-refractivity contribution in [2.75, 3.05) is 0 Å². The third kappa shape index (κ3) is 1.75. The molecule has 3 rings (SSSR count). The molecular formula is C14H16N2O. The molecule has 2 aromatic rings. The van der Waals surface area contributed by atoms with Gasteiger partial charge in [-0.05, 0) is 31.4 Å². The molecule has 0 unspecified atom stereocenters. The van der Waals surface area contributed by atoms with E-state index in [0.717, 1.165) is 16.9 Å². The Hall–Kier alpha value is -1.64. The minimum atomic E-state index is 0.199. The lowest BCUT2D eigenvalue weighted by molar-refractivity contribution is -0.116. The fourth-order valence-electron chi connectivity index (χ4n) is 2.49. The van der Waals surface area contributed by atoms with Crippen LogP contribution < -0.4 is 0 Å². The van der Waals surface area contributed by atoms with Gasteiger partial charge in [0, 0.05) is 18.5 Å². The smallest absolute Gasteiger partial charge is 0.134 e. The minimum Gasteiger partial charge on any atom is -0.303 e. The highest BCUT2D eigenvalue weighted by molar-refractivity contribution is 5.80. The largest absolute Gasteiger partial charge is 0.303 e. The van der Waals surface area contributed by atoms with Crippen LogP contribution in [0.1, 0.15) is 43.5 Å². The Morgan fingerprint density at radius 3 is 3.00 bits per heavy atom. The highest BCUT2D eigenvalue weighted by Crippen LogP contribution is 2.35. The summed E-state index contributed by atoms with van der Waals surface area (Å²) in [5, 5.41) is 0. The first kappa shape index (κ1) is 10.5. The number of carbonyl (C=O) groups excluding carboxylic acids is 1. The highest BCUT2D eigenvalue weighted by atomic mass is 16.1. The number of Topliss-reactive ketones (excluding diaryl/α,β-unsaturated/α-hetero) is 1. The van der Waals surface area contributed by atoms with Crippen LogP contribution in [0.3, 0.4) is 0 Å². The first-order chi connectivity index (χ1) is 8.25. The van der Waals surface area contributed by atoms with E-state index in [1.807, 2.05) is 18.3 Å². The Bertz CT molecular complexity index is 567. The molecule has 0 atom stereocenters. The molecule has 3 heteroatoms. The maximum atomic E-state index is 11.2. The number of fused-ring (bicyclic) bond motifs is 1. The van der Waals surface area contributed by atoms with Crippen LogP contribution in [0.4, 0.5) is 0 Å². The summed E-state index contributed by atoms with van der Waals surface area (Å²) >= 11 is 0. The summed E-state index contributed by atoms with van der Waals surface area (Å²) in [6, 6.07) is 4.03. The van der Waals surface area contributed by atoms with Crippen molar-refractivity contribution in [3.63, 3.8) is 0 Å². The number of rotatable bonds is 3. The predicted molar refractivity (Wildman–Crippen MR) is 66.2 cm³/mol. The zero-order valence-electron chi connectivity index (χ0n) is 10.0. The van der Waals surface area contributed by atoms with Crippen molar-refractivity contribution in [1.29, 1.82) is 0 Å². The van der Waals surface area contributed by atoms with Gasteiger partial charge in [0.25, 0.3) is 0 Å². The van der Waals surface area contributed by atoms with Crippen molar-refractivity contribution >= 4 is 11.3 Å². The van der Waals surface area contributed by atoms with E-state index in [-0.39, 0.29) is 5.78 Å². The monoisotopic (exact) mass is 228 g/mol. The van der Waals surface area contributed by atoms with E-state index < -0.39 is 0 Å². The van der Waals surface area contributed by atoms with E-state index in [1.54, 1.807) is 6.92 Å². The molecule has 0 spiro atoms. The van der Waals surface area contributed by atoms with Crippen molar-refractivity contribution in [1.82, 2.24) is 9.38 Å². The molecule has 1 fully saturated rings. The van der Waals surface area contributed by atoms with Gasteiger partial charge in [-0.1, -0.05) is 12.5 Å². The van der Waals surface area contributed by atoms with Crippen LogP contribution in [0, 0.1) is 0 Å². The van der Waals surface area contributed by atoms with Crippen LogP contribution in [-0.4, -0.2) is 15.2 Å². The van der Waals surface area contributed by atoms with E-state index in [0.29, 0.717) is 12.3 Å². The summed E-state index contributed by atoms with van der Waals surface area (Å²) in [4.78, 5) is 15.8. The summed E-state index contributed by atoms with van der Waals surface area (Å²) in [6.07, 6.45) is 8.27. The SMILES string of the molecule is CC(=O)Cc1cccn2c(C3CCC3)ncc12. The second-order valence-corrected chi connectivity index (χ2v) is 4.91. The van der Waals surface area contributed by atoms with Crippen molar-refractivity contribution in [3.8, 4) is 0 Å². The van der Waals surface area contributed by atoms with Crippen LogP contribution in [0.15, 0.2) is 24.5 Å². The molecule has 17 heavy (non-hydrogen) atoms. The van der Waals surface area contributed by atoms with Gasteiger partial charge in [0.1, 0.15) is 11.6 Å². The second kappa shape index (κ2) is 3.99. The number of ketones is 1. The van der Waals surface area contributed by atoms with Gasteiger partial charge in [0.2, 0.25) is 0 Å². The topological polar surface area (TPSA) is 34.4 Å². The zero-order valence-corrected chi connectivity index (χ0v) is 10.0. The van der Waals surface area contributed by atoms with Gasteiger partial charge in [-0.3, -0.25) is 4.79 Å². The Balaban J connectivity index is 2.07. The Morgan fingerprint density at radius 1 is 1.53 bits per heavy atom. The standard InChI is InChI=1S/C14H16N2O/c1-10(17)8-12-6-3-7-16-13(12)9-15-14(16)11-4-2-5-11/h3,6-7,9,11H,2,4-5,8H2,1H3. The molecule has 1 aliphatic carbocycles. The molecule has 0 aliphatic heterocycles. The Kier molecular flexibility index (Phi) is 2.46. The van der Waals surface area contributed by atoms with Crippen molar-refractivity contribution in [2.45, 2.75) is 38.5 Å². The molecule has 1 saturated carbocycles. The number of aromatic nitrogens is 2. The van der Waals surface area contributed by atoms with Crippen molar-refractivity contribution in [2.24, 2.45) is 0 Å². The van der Waals surface area contributed by atoms with Crippen molar-refractivity contribution < 1.29 is 4.79 Å². The Morgan fingerprint density at radius 2 is 2.35 bits per heavy atom. The van der Waals surface area contributed by atoms with Gasteiger partial charge >= 0.3 is 0 Å². The van der Waals surface area contributed by atoms with E-state index >= 15 is 0 Å². The Labute approximate surface area is 100 Å². The van der Waals surface area contributed by atoms with Gasteiger partial charge in [-0.25, -0.2) is 4.98 Å². The van der Waals surface area contributed by atoms with Crippen LogP contribution in [0.25, 0.3) is 5.52 Å². The molecule has 0 aromatic carbocycles. The molecule has 0 N–H and O–H groups in total. The molecular weight excluding hydrogens is 212 g/mol. The zero-order chi connectivity index (χ0) is 11.8. The molecule has 0 radical (unpaired) electrons. The van der Waals surface area contributed by atoms with E-state index in [2.05, 4.69) is 15.6 Å². The average Bonchev–Trinajstić information content (AvgIpc) is 2.60. The molecule has 1 aliphatic rings. The number of hydrogen-bond donors (Lipinski definition) is 0. The van der Waals surface area contributed by atoms with Gasteiger partial charge < -0.3 is 4.40 Å². The van der Waals surface area contributed by atoms with Crippen LogP contribution >= 0.6 is 0 Å². The summed E-state index contributed by atoms with van der Waals surface area (Å²) in [5.74, 6) is 1.98. The average molecular weight is 228 g/mol. The lowest BCUT2D eigenvalue weighted by Gasteiger charge is -2.24. The van der Waals surface area contributed by atoms with Crippen LogP contribution in [-0.2, 0) is 11.2 Å². The second-order valence-electron chi connectivity index (χ2n) is 4.91.